The average Bonchev–Trinajstić information content (AvgIpc) is 2.96. The van der Waals surface area contributed by atoms with Crippen LogP contribution in [0.15, 0.2) is 40.2 Å². The fourth-order valence-corrected chi connectivity index (χ4v) is 2.88. The molecule has 1 N–H and O–H groups in total. The van der Waals surface area contributed by atoms with Crippen LogP contribution in [0.2, 0.25) is 0 Å². The number of methoxy groups -OCH3 is 1. The smallest absolute Gasteiger partial charge is 0.134 e. The van der Waals surface area contributed by atoms with Crippen molar-refractivity contribution >= 4 is 27.3 Å². The molecule has 1 aromatic carbocycles. The zero-order chi connectivity index (χ0) is 14.2. The van der Waals surface area contributed by atoms with E-state index in [1.165, 1.54) is 10.4 Å². The topological polar surface area (TPSA) is 30.5 Å². The van der Waals surface area contributed by atoms with Crippen molar-refractivity contribution in [3.05, 3.63) is 50.6 Å². The second-order valence-corrected chi connectivity index (χ2v) is 6.19. The molecule has 2 aromatic rings. The first-order valence-electron chi connectivity index (χ1n) is 6.43. The molecule has 0 saturated heterocycles. The van der Waals surface area contributed by atoms with Gasteiger partial charge < -0.3 is 14.8 Å². The molecule has 0 aliphatic carbocycles. The maximum atomic E-state index is 5.80. The number of benzene rings is 1. The molecular weight excluding hydrogens is 338 g/mol. The molecule has 0 bridgehead atoms. The number of hydrogen-bond donors (Lipinski definition) is 1. The highest BCUT2D eigenvalue weighted by molar-refractivity contribution is 9.10. The predicted octanol–water partition coefficient (Wildman–Crippen LogP) is 3.83. The molecular formula is C15H18BrNO2S. The van der Waals surface area contributed by atoms with Crippen LogP contribution < -0.4 is 10.1 Å². The van der Waals surface area contributed by atoms with Gasteiger partial charge in [-0.05, 0) is 45.1 Å². The minimum absolute atomic E-state index is 0.613. The lowest BCUT2D eigenvalue weighted by molar-refractivity contribution is 0.199. The Morgan fingerprint density at radius 1 is 1.30 bits per heavy atom. The molecule has 3 nitrogen and oxygen atoms in total. The molecule has 0 spiro atoms. The van der Waals surface area contributed by atoms with Gasteiger partial charge >= 0.3 is 0 Å². The molecule has 0 amide bonds. The number of thiophene rings is 1. The predicted molar refractivity (Wildman–Crippen MR) is 86.4 cm³/mol. The third kappa shape index (κ3) is 4.90. The van der Waals surface area contributed by atoms with E-state index in [1.54, 1.807) is 18.4 Å². The zero-order valence-corrected chi connectivity index (χ0v) is 13.8. The van der Waals surface area contributed by atoms with E-state index in [0.29, 0.717) is 6.61 Å². The van der Waals surface area contributed by atoms with E-state index in [2.05, 4.69) is 44.8 Å². The number of halogens is 1. The van der Waals surface area contributed by atoms with E-state index in [1.807, 2.05) is 12.1 Å². The molecule has 0 saturated carbocycles. The number of nitrogens with one attached hydrogen (secondary N) is 1. The van der Waals surface area contributed by atoms with Crippen LogP contribution in [0.1, 0.15) is 10.4 Å². The number of ether oxygens (including phenoxy) is 2. The Hall–Kier alpha value is -0.880. The Bertz CT molecular complexity index is 517. The SMILES string of the molecule is COCCNCc1ccc(OCc2cccs2)c(Br)c1. The van der Waals surface area contributed by atoms with Crippen LogP contribution in [-0.4, -0.2) is 20.3 Å². The Morgan fingerprint density at radius 3 is 2.90 bits per heavy atom. The fraction of sp³-hybridized carbons (Fsp3) is 0.333. The normalized spacial score (nSPS) is 10.7. The summed E-state index contributed by atoms with van der Waals surface area (Å²) in [6.07, 6.45) is 0. The first-order chi connectivity index (χ1) is 9.79. The average molecular weight is 356 g/mol. The molecule has 2 rings (SSSR count). The summed E-state index contributed by atoms with van der Waals surface area (Å²) in [6.45, 7) is 3.02. The summed E-state index contributed by atoms with van der Waals surface area (Å²) >= 11 is 5.26. The lowest BCUT2D eigenvalue weighted by Crippen LogP contribution is -2.18. The van der Waals surface area contributed by atoms with Crippen LogP contribution in [0.4, 0.5) is 0 Å². The van der Waals surface area contributed by atoms with Crippen molar-refractivity contribution in [2.45, 2.75) is 13.2 Å². The molecule has 5 heteroatoms. The van der Waals surface area contributed by atoms with Gasteiger partial charge in [0.25, 0.3) is 0 Å². The van der Waals surface area contributed by atoms with Gasteiger partial charge in [-0.3, -0.25) is 0 Å². The van der Waals surface area contributed by atoms with Crippen LogP contribution in [0.25, 0.3) is 0 Å². The molecule has 108 valence electrons. The Balaban J connectivity index is 1.85. The van der Waals surface area contributed by atoms with Gasteiger partial charge in [-0.1, -0.05) is 12.1 Å². The second kappa shape index (κ2) is 8.42. The van der Waals surface area contributed by atoms with E-state index in [0.717, 1.165) is 29.9 Å². The van der Waals surface area contributed by atoms with Gasteiger partial charge in [0.15, 0.2) is 0 Å². The quantitative estimate of drug-likeness (QED) is 0.730. The molecule has 1 heterocycles. The van der Waals surface area contributed by atoms with Crippen molar-refractivity contribution in [2.24, 2.45) is 0 Å². The van der Waals surface area contributed by atoms with Crippen LogP contribution in [-0.2, 0) is 17.9 Å². The standard InChI is InChI=1S/C15H18BrNO2S/c1-18-7-6-17-10-12-4-5-15(14(16)9-12)19-11-13-3-2-8-20-13/h2-5,8-9,17H,6-7,10-11H2,1H3. The van der Waals surface area contributed by atoms with Gasteiger partial charge in [0.2, 0.25) is 0 Å². The van der Waals surface area contributed by atoms with Crippen molar-refractivity contribution in [2.75, 3.05) is 20.3 Å². The van der Waals surface area contributed by atoms with Crippen molar-refractivity contribution < 1.29 is 9.47 Å². The van der Waals surface area contributed by atoms with Gasteiger partial charge in [0.05, 0.1) is 11.1 Å². The Labute approximate surface area is 132 Å². The van der Waals surface area contributed by atoms with Crippen LogP contribution in [0.3, 0.4) is 0 Å². The maximum absolute atomic E-state index is 5.80. The van der Waals surface area contributed by atoms with E-state index < -0.39 is 0 Å². The first kappa shape index (κ1) is 15.5. The van der Waals surface area contributed by atoms with E-state index in [-0.39, 0.29) is 0 Å². The Kier molecular flexibility index (Phi) is 6.53. The lowest BCUT2D eigenvalue weighted by atomic mass is 10.2. The van der Waals surface area contributed by atoms with Crippen molar-refractivity contribution in [1.29, 1.82) is 0 Å². The summed E-state index contributed by atoms with van der Waals surface area (Å²) in [5.41, 5.74) is 1.22. The summed E-state index contributed by atoms with van der Waals surface area (Å²) in [6, 6.07) is 10.3. The van der Waals surface area contributed by atoms with Crippen LogP contribution in [0, 0.1) is 0 Å². The highest BCUT2D eigenvalue weighted by Gasteiger charge is 2.04. The summed E-state index contributed by atoms with van der Waals surface area (Å²) < 4.78 is 11.8. The minimum atomic E-state index is 0.613. The fourth-order valence-electron chi connectivity index (χ4n) is 1.72. The molecule has 0 unspecified atom stereocenters. The minimum Gasteiger partial charge on any atom is -0.487 e. The van der Waals surface area contributed by atoms with E-state index in [9.17, 15) is 0 Å². The van der Waals surface area contributed by atoms with Crippen molar-refractivity contribution in [1.82, 2.24) is 5.32 Å². The van der Waals surface area contributed by atoms with E-state index in [4.69, 9.17) is 9.47 Å². The zero-order valence-electron chi connectivity index (χ0n) is 11.4. The van der Waals surface area contributed by atoms with Gasteiger partial charge in [-0.25, -0.2) is 0 Å². The van der Waals surface area contributed by atoms with Gasteiger partial charge in [-0.15, -0.1) is 11.3 Å². The molecule has 0 aliphatic heterocycles. The Morgan fingerprint density at radius 2 is 2.20 bits per heavy atom. The molecule has 0 atom stereocenters. The van der Waals surface area contributed by atoms with Crippen LogP contribution >= 0.6 is 27.3 Å². The second-order valence-electron chi connectivity index (χ2n) is 4.30. The van der Waals surface area contributed by atoms with Gasteiger partial charge in [-0.2, -0.15) is 0 Å². The van der Waals surface area contributed by atoms with Crippen molar-refractivity contribution in [3.8, 4) is 5.75 Å². The summed E-state index contributed by atoms with van der Waals surface area (Å²) in [5, 5.41) is 5.38. The largest absolute Gasteiger partial charge is 0.487 e. The van der Waals surface area contributed by atoms with Crippen LogP contribution in [0.5, 0.6) is 5.75 Å². The highest BCUT2D eigenvalue weighted by Crippen LogP contribution is 2.27. The number of hydrogen-bond acceptors (Lipinski definition) is 4. The third-order valence-corrected chi connectivity index (χ3v) is 4.23. The molecule has 0 aliphatic rings. The van der Waals surface area contributed by atoms with Gasteiger partial charge in [0, 0.05) is 25.1 Å². The first-order valence-corrected chi connectivity index (χ1v) is 8.10. The highest BCUT2D eigenvalue weighted by atomic mass is 79.9. The molecule has 0 fully saturated rings. The van der Waals surface area contributed by atoms with Crippen molar-refractivity contribution in [3.63, 3.8) is 0 Å². The molecule has 0 radical (unpaired) electrons. The summed E-state index contributed by atoms with van der Waals surface area (Å²) in [7, 11) is 1.71. The summed E-state index contributed by atoms with van der Waals surface area (Å²) in [4.78, 5) is 1.22. The molecule has 1 aromatic heterocycles. The lowest BCUT2D eigenvalue weighted by Gasteiger charge is -2.09. The molecule has 20 heavy (non-hydrogen) atoms. The monoisotopic (exact) mass is 355 g/mol. The number of rotatable bonds is 8. The maximum Gasteiger partial charge on any atom is 0.134 e. The van der Waals surface area contributed by atoms with Gasteiger partial charge in [0.1, 0.15) is 12.4 Å². The third-order valence-electron chi connectivity index (χ3n) is 2.76. The summed E-state index contributed by atoms with van der Waals surface area (Å²) in [5.74, 6) is 0.874. The van der Waals surface area contributed by atoms with E-state index >= 15 is 0 Å².